The van der Waals surface area contributed by atoms with Crippen LogP contribution in [0.25, 0.3) is 0 Å². The van der Waals surface area contributed by atoms with Crippen molar-refractivity contribution in [3.63, 3.8) is 0 Å². The summed E-state index contributed by atoms with van der Waals surface area (Å²) in [6.45, 7) is -0.0931. The Bertz CT molecular complexity index is 629. The molecule has 1 amide bonds. The Morgan fingerprint density at radius 3 is 3.00 bits per heavy atom. The third-order valence-electron chi connectivity index (χ3n) is 2.42. The van der Waals surface area contributed by atoms with E-state index in [4.69, 9.17) is 9.47 Å². The van der Waals surface area contributed by atoms with E-state index in [9.17, 15) is 4.79 Å². The van der Waals surface area contributed by atoms with Crippen molar-refractivity contribution in [2.75, 3.05) is 13.7 Å². The van der Waals surface area contributed by atoms with Gasteiger partial charge in [-0.3, -0.25) is 4.79 Å². The van der Waals surface area contributed by atoms with Crippen molar-refractivity contribution < 1.29 is 14.3 Å². The summed E-state index contributed by atoms with van der Waals surface area (Å²) < 4.78 is 11.4. The highest BCUT2D eigenvalue weighted by molar-refractivity contribution is 14.1. The second-order valence-electron chi connectivity index (χ2n) is 3.89. The summed E-state index contributed by atoms with van der Waals surface area (Å²) >= 11 is 3.67. The molecule has 0 fully saturated rings. The Morgan fingerprint density at radius 1 is 1.48 bits per heavy atom. The van der Waals surface area contributed by atoms with E-state index in [0.29, 0.717) is 5.75 Å². The summed E-state index contributed by atoms with van der Waals surface area (Å²) in [5.74, 6) is 1.07. The number of amides is 1. The highest BCUT2D eigenvalue weighted by Crippen LogP contribution is 2.25. The van der Waals surface area contributed by atoms with Crippen LogP contribution in [-0.4, -0.2) is 25.8 Å². The zero-order valence-electron chi connectivity index (χ0n) is 11.2. The summed E-state index contributed by atoms with van der Waals surface area (Å²) in [4.78, 5) is 12.6. The van der Waals surface area contributed by atoms with Gasteiger partial charge in [-0.1, -0.05) is 6.07 Å². The van der Waals surface area contributed by atoms with E-state index in [1.807, 2.05) is 23.6 Å². The van der Waals surface area contributed by atoms with E-state index in [-0.39, 0.29) is 12.5 Å². The minimum atomic E-state index is -0.311. The second kappa shape index (κ2) is 7.99. The van der Waals surface area contributed by atoms with Gasteiger partial charge in [0.1, 0.15) is 11.5 Å². The Labute approximate surface area is 140 Å². The number of ether oxygens (including phenoxy) is 2. The van der Waals surface area contributed by atoms with Crippen molar-refractivity contribution in [2.24, 2.45) is 5.10 Å². The van der Waals surface area contributed by atoms with Crippen LogP contribution in [-0.2, 0) is 4.79 Å². The first-order chi connectivity index (χ1) is 10.2. The van der Waals surface area contributed by atoms with Crippen LogP contribution in [0.4, 0.5) is 0 Å². The predicted molar refractivity (Wildman–Crippen MR) is 91.3 cm³/mol. The van der Waals surface area contributed by atoms with Gasteiger partial charge in [0.2, 0.25) is 0 Å². The Morgan fingerprint density at radius 2 is 2.33 bits per heavy atom. The standard InChI is InChI=1S/C14H13IN2O3S/c1-19-10-4-5-13(12(15)7-10)20-9-14(18)17-16-8-11-3-2-6-21-11/h2-8H,9H2,1H3,(H,17,18). The van der Waals surface area contributed by atoms with E-state index < -0.39 is 0 Å². The quantitative estimate of drug-likeness (QED) is 0.448. The summed E-state index contributed by atoms with van der Waals surface area (Å²) in [6, 6.07) is 9.22. The Kier molecular flexibility index (Phi) is 6.00. The summed E-state index contributed by atoms with van der Waals surface area (Å²) in [7, 11) is 1.60. The lowest BCUT2D eigenvalue weighted by atomic mass is 10.3. The van der Waals surface area contributed by atoms with Gasteiger partial charge in [-0.15, -0.1) is 11.3 Å². The van der Waals surface area contributed by atoms with Crippen molar-refractivity contribution >= 4 is 46.0 Å². The van der Waals surface area contributed by atoms with Crippen LogP contribution in [0.5, 0.6) is 11.5 Å². The average Bonchev–Trinajstić information content (AvgIpc) is 2.99. The van der Waals surface area contributed by atoms with E-state index in [0.717, 1.165) is 14.2 Å². The molecule has 1 heterocycles. The second-order valence-corrected chi connectivity index (χ2v) is 6.04. The first kappa shape index (κ1) is 15.8. The minimum Gasteiger partial charge on any atom is -0.497 e. The number of carbonyl (C=O) groups is 1. The van der Waals surface area contributed by atoms with Crippen LogP contribution in [0.1, 0.15) is 4.88 Å². The Hall–Kier alpha value is -1.61. The number of hydrazone groups is 1. The molecule has 110 valence electrons. The third-order valence-corrected chi connectivity index (χ3v) is 4.07. The van der Waals surface area contributed by atoms with Gasteiger partial charge in [0.05, 0.1) is 16.9 Å². The first-order valence-electron chi connectivity index (χ1n) is 6.01. The summed E-state index contributed by atoms with van der Waals surface area (Å²) in [5, 5.41) is 5.80. The lowest BCUT2D eigenvalue weighted by molar-refractivity contribution is -0.123. The largest absolute Gasteiger partial charge is 0.497 e. The predicted octanol–water partition coefficient (Wildman–Crippen LogP) is 2.89. The highest BCUT2D eigenvalue weighted by Gasteiger charge is 2.06. The van der Waals surface area contributed by atoms with Gasteiger partial charge in [0, 0.05) is 4.88 Å². The van der Waals surface area contributed by atoms with Gasteiger partial charge < -0.3 is 9.47 Å². The molecule has 1 aromatic heterocycles. The molecular formula is C14H13IN2O3S. The van der Waals surface area contributed by atoms with Crippen molar-refractivity contribution in [1.82, 2.24) is 5.43 Å². The van der Waals surface area contributed by atoms with E-state index >= 15 is 0 Å². The number of rotatable bonds is 6. The molecule has 0 saturated carbocycles. The number of benzene rings is 1. The molecule has 5 nitrogen and oxygen atoms in total. The molecular weight excluding hydrogens is 403 g/mol. The fourth-order valence-electron chi connectivity index (χ4n) is 1.43. The SMILES string of the molecule is COc1ccc(OCC(=O)NN=Cc2cccs2)c(I)c1. The average molecular weight is 416 g/mol. The molecule has 0 radical (unpaired) electrons. The third kappa shape index (κ3) is 5.01. The highest BCUT2D eigenvalue weighted by atomic mass is 127. The number of halogens is 1. The molecule has 21 heavy (non-hydrogen) atoms. The molecule has 0 spiro atoms. The molecule has 2 aromatic rings. The lowest BCUT2D eigenvalue weighted by Gasteiger charge is -2.08. The van der Waals surface area contributed by atoms with Gasteiger partial charge in [-0.25, -0.2) is 5.43 Å². The van der Waals surface area contributed by atoms with Gasteiger partial charge in [0.25, 0.3) is 5.91 Å². The Balaban J connectivity index is 1.81. The number of nitrogens with one attached hydrogen (secondary N) is 1. The molecule has 0 bridgehead atoms. The van der Waals surface area contributed by atoms with Crippen LogP contribution in [0.2, 0.25) is 0 Å². The molecule has 0 atom stereocenters. The fourth-order valence-corrected chi connectivity index (χ4v) is 2.66. The van der Waals surface area contributed by atoms with Crippen molar-refractivity contribution in [1.29, 1.82) is 0 Å². The molecule has 0 saturated heterocycles. The monoisotopic (exact) mass is 416 g/mol. The lowest BCUT2D eigenvalue weighted by Crippen LogP contribution is -2.24. The van der Waals surface area contributed by atoms with Crippen LogP contribution in [0.15, 0.2) is 40.8 Å². The van der Waals surface area contributed by atoms with E-state index in [1.165, 1.54) is 0 Å². The number of carbonyl (C=O) groups excluding carboxylic acids is 1. The van der Waals surface area contributed by atoms with Crippen LogP contribution in [0.3, 0.4) is 0 Å². The minimum absolute atomic E-state index is 0.0931. The van der Waals surface area contributed by atoms with E-state index in [1.54, 1.807) is 36.8 Å². The summed E-state index contributed by atoms with van der Waals surface area (Å²) in [5.41, 5.74) is 2.42. The van der Waals surface area contributed by atoms with Crippen LogP contribution >= 0.6 is 33.9 Å². The van der Waals surface area contributed by atoms with E-state index in [2.05, 4.69) is 33.1 Å². The van der Waals surface area contributed by atoms with Gasteiger partial charge in [-0.2, -0.15) is 5.10 Å². The van der Waals surface area contributed by atoms with Gasteiger partial charge >= 0.3 is 0 Å². The molecule has 2 rings (SSSR count). The van der Waals surface area contributed by atoms with Crippen molar-refractivity contribution in [3.05, 3.63) is 44.2 Å². The molecule has 0 aliphatic carbocycles. The number of nitrogens with zero attached hydrogens (tertiary/aromatic N) is 1. The molecule has 0 aliphatic rings. The van der Waals surface area contributed by atoms with Crippen LogP contribution < -0.4 is 14.9 Å². The molecule has 0 aliphatic heterocycles. The molecule has 0 unspecified atom stereocenters. The number of hydrogen-bond acceptors (Lipinski definition) is 5. The van der Waals surface area contributed by atoms with Crippen molar-refractivity contribution in [2.45, 2.75) is 0 Å². The fraction of sp³-hybridized carbons (Fsp3) is 0.143. The molecule has 1 aromatic carbocycles. The number of hydrogen-bond donors (Lipinski definition) is 1. The molecule has 1 N–H and O–H groups in total. The topological polar surface area (TPSA) is 59.9 Å². The zero-order valence-corrected chi connectivity index (χ0v) is 14.2. The first-order valence-corrected chi connectivity index (χ1v) is 7.96. The number of methoxy groups -OCH3 is 1. The maximum atomic E-state index is 11.6. The van der Waals surface area contributed by atoms with Gasteiger partial charge in [0.15, 0.2) is 6.61 Å². The molecule has 7 heteroatoms. The smallest absolute Gasteiger partial charge is 0.277 e. The van der Waals surface area contributed by atoms with Crippen molar-refractivity contribution in [3.8, 4) is 11.5 Å². The summed E-state index contributed by atoms with van der Waals surface area (Å²) in [6.07, 6.45) is 1.60. The van der Waals surface area contributed by atoms with Gasteiger partial charge in [-0.05, 0) is 52.2 Å². The zero-order chi connectivity index (χ0) is 15.1. The maximum Gasteiger partial charge on any atom is 0.277 e. The number of thiophene rings is 1. The normalized spacial score (nSPS) is 10.6. The van der Waals surface area contributed by atoms with Crippen LogP contribution in [0, 0.1) is 3.57 Å². The maximum absolute atomic E-state index is 11.6.